The van der Waals surface area contributed by atoms with E-state index < -0.39 is 5.41 Å². The zero-order valence-electron chi connectivity index (χ0n) is 34.9. The maximum absolute atomic E-state index is 2.50. The van der Waals surface area contributed by atoms with E-state index >= 15 is 0 Å². The van der Waals surface area contributed by atoms with Gasteiger partial charge in [-0.05, 0) is 134 Å². The van der Waals surface area contributed by atoms with Gasteiger partial charge in [-0.25, -0.2) is 0 Å². The van der Waals surface area contributed by atoms with Crippen molar-refractivity contribution in [3.8, 4) is 33.4 Å². The number of rotatable bonds is 7. The van der Waals surface area contributed by atoms with Gasteiger partial charge in [-0.1, -0.05) is 164 Å². The number of hydrogen-bond donors (Lipinski definition) is 0. The van der Waals surface area contributed by atoms with Crippen molar-refractivity contribution in [2.45, 2.75) is 5.41 Å². The largest absolute Gasteiger partial charge is 0.310 e. The second kappa shape index (κ2) is 14.6. The molecule has 2 aliphatic carbocycles. The third-order valence-electron chi connectivity index (χ3n) is 13.5. The molecule has 13 rings (SSSR count). The highest BCUT2D eigenvalue weighted by Crippen LogP contribution is 2.64. The van der Waals surface area contributed by atoms with Gasteiger partial charge in [0, 0.05) is 54.3 Å². The minimum atomic E-state index is -0.554. The van der Waals surface area contributed by atoms with Crippen LogP contribution < -0.4 is 9.80 Å². The fraction of sp³-hybridized carbons (Fsp3) is 0.0164. The van der Waals surface area contributed by atoms with E-state index in [0.717, 1.165) is 34.1 Å². The van der Waals surface area contributed by atoms with Gasteiger partial charge in [0.15, 0.2) is 0 Å². The quantitative estimate of drug-likeness (QED) is 0.158. The minimum absolute atomic E-state index is 0.554. The number of anilines is 6. The SMILES string of the molecule is c1ccc(-c2ccc(N(c3ccc4c(c3)C3(c5ccccc5-c5ccc(N(c6ccccc6)c6ccccc6)cc53)c3ccccc3-4)c3ccc4c(c3)sc3ccccc34)cc2)cc1. The van der Waals surface area contributed by atoms with Gasteiger partial charge in [-0.15, -0.1) is 11.3 Å². The maximum atomic E-state index is 2.50. The lowest BCUT2D eigenvalue weighted by atomic mass is 9.70. The van der Waals surface area contributed by atoms with Crippen molar-refractivity contribution in [1.82, 2.24) is 0 Å². The zero-order chi connectivity index (χ0) is 42.2. The Bertz CT molecular complexity index is 3510. The first-order chi connectivity index (χ1) is 31.7. The predicted octanol–water partition coefficient (Wildman–Crippen LogP) is 17.0. The summed E-state index contributed by atoms with van der Waals surface area (Å²) in [5, 5.41) is 2.60. The van der Waals surface area contributed by atoms with Gasteiger partial charge in [0.1, 0.15) is 0 Å². The van der Waals surface area contributed by atoms with Crippen molar-refractivity contribution in [3.63, 3.8) is 0 Å². The highest BCUT2D eigenvalue weighted by molar-refractivity contribution is 7.25. The molecule has 300 valence electrons. The van der Waals surface area contributed by atoms with Gasteiger partial charge < -0.3 is 9.80 Å². The second-order valence-electron chi connectivity index (χ2n) is 16.8. The van der Waals surface area contributed by atoms with Crippen LogP contribution in [0.4, 0.5) is 34.1 Å². The number of hydrogen-bond acceptors (Lipinski definition) is 3. The first-order valence-electron chi connectivity index (χ1n) is 22.0. The van der Waals surface area contributed by atoms with E-state index in [9.17, 15) is 0 Å². The highest BCUT2D eigenvalue weighted by atomic mass is 32.1. The molecule has 1 spiro atoms. The molecule has 0 N–H and O–H groups in total. The maximum Gasteiger partial charge on any atom is 0.0727 e. The van der Waals surface area contributed by atoms with Gasteiger partial charge >= 0.3 is 0 Å². The molecule has 0 bridgehead atoms. The van der Waals surface area contributed by atoms with E-state index in [0.29, 0.717) is 0 Å². The molecule has 0 saturated carbocycles. The third kappa shape index (κ3) is 5.51. The Kier molecular flexibility index (Phi) is 8.34. The Morgan fingerprint density at radius 2 is 0.672 bits per heavy atom. The summed E-state index contributed by atoms with van der Waals surface area (Å²) < 4.78 is 2.59. The normalized spacial score (nSPS) is 14.3. The van der Waals surface area contributed by atoms with Gasteiger partial charge in [-0.3, -0.25) is 0 Å². The molecule has 0 amide bonds. The Morgan fingerprint density at radius 1 is 0.266 bits per heavy atom. The molecular weight excluding hydrogens is 793 g/mol. The van der Waals surface area contributed by atoms with Crippen LogP contribution in [0.15, 0.2) is 243 Å². The topological polar surface area (TPSA) is 6.48 Å². The molecule has 0 fully saturated rings. The second-order valence-corrected chi connectivity index (χ2v) is 17.9. The summed E-state index contributed by atoms with van der Waals surface area (Å²) in [5.74, 6) is 0. The van der Waals surface area contributed by atoms with Crippen LogP contribution in [0.5, 0.6) is 0 Å². The van der Waals surface area contributed by atoms with Crippen molar-refractivity contribution < 1.29 is 0 Å². The fourth-order valence-electron chi connectivity index (χ4n) is 10.7. The van der Waals surface area contributed by atoms with Gasteiger partial charge in [0.25, 0.3) is 0 Å². The first kappa shape index (κ1) is 36.7. The number of benzene rings is 10. The average molecular weight is 833 g/mol. The Morgan fingerprint density at radius 3 is 1.28 bits per heavy atom. The molecule has 10 aromatic carbocycles. The van der Waals surface area contributed by atoms with Gasteiger partial charge in [0.2, 0.25) is 0 Å². The molecule has 1 unspecified atom stereocenters. The van der Waals surface area contributed by atoms with E-state index in [-0.39, 0.29) is 0 Å². The summed E-state index contributed by atoms with van der Waals surface area (Å²) in [7, 11) is 0. The molecule has 3 heteroatoms. The van der Waals surface area contributed by atoms with Crippen LogP contribution in [0.1, 0.15) is 22.3 Å². The fourth-order valence-corrected chi connectivity index (χ4v) is 11.9. The van der Waals surface area contributed by atoms with E-state index in [1.165, 1.54) is 75.8 Å². The van der Waals surface area contributed by atoms with Crippen molar-refractivity contribution in [2.75, 3.05) is 9.80 Å². The van der Waals surface area contributed by atoms with Crippen LogP contribution in [0.2, 0.25) is 0 Å². The lowest BCUT2D eigenvalue weighted by Gasteiger charge is -2.33. The van der Waals surface area contributed by atoms with Crippen LogP contribution in [-0.2, 0) is 5.41 Å². The molecule has 11 aromatic rings. The molecule has 1 heterocycles. The predicted molar refractivity (Wildman–Crippen MR) is 270 cm³/mol. The molecule has 0 aliphatic heterocycles. The Labute approximate surface area is 377 Å². The molecular formula is C61H40N2S. The lowest BCUT2D eigenvalue weighted by molar-refractivity contribution is 0.793. The molecule has 1 atom stereocenters. The average Bonchev–Trinajstić information content (AvgIpc) is 3.99. The number of fused-ring (bicyclic) bond motifs is 13. The van der Waals surface area contributed by atoms with Crippen LogP contribution in [-0.4, -0.2) is 0 Å². The molecule has 0 radical (unpaired) electrons. The highest BCUT2D eigenvalue weighted by Gasteiger charge is 2.52. The van der Waals surface area contributed by atoms with E-state index in [4.69, 9.17) is 0 Å². The first-order valence-corrected chi connectivity index (χ1v) is 22.8. The molecule has 0 saturated heterocycles. The third-order valence-corrected chi connectivity index (χ3v) is 14.6. The monoisotopic (exact) mass is 832 g/mol. The lowest BCUT2D eigenvalue weighted by Crippen LogP contribution is -2.26. The Balaban J connectivity index is 1.05. The molecule has 2 aliphatic rings. The van der Waals surface area contributed by atoms with Crippen LogP contribution in [0.25, 0.3) is 53.6 Å². The van der Waals surface area contributed by atoms with Crippen molar-refractivity contribution in [2.24, 2.45) is 0 Å². The summed E-state index contributed by atoms with van der Waals surface area (Å²) in [4.78, 5) is 4.85. The standard InChI is InChI=1S/C61H40N2S/c1-4-16-41(17-5-1)42-28-30-45(31-29-42)63(48-34-37-54-53-24-12-15-27-59(53)64-60(54)40-48)47-33-36-52-50-23-11-14-26-56(50)61(58(52)39-47)55-25-13-10-22-49(55)51-35-32-46(38-57(51)61)62(43-18-6-2-7-19-43)44-20-8-3-9-21-44/h1-40H. The molecule has 2 nitrogen and oxygen atoms in total. The number of nitrogens with zero attached hydrogens (tertiary/aromatic N) is 2. The van der Waals surface area contributed by atoms with Crippen LogP contribution >= 0.6 is 11.3 Å². The zero-order valence-corrected chi connectivity index (χ0v) is 35.7. The van der Waals surface area contributed by atoms with Gasteiger partial charge in [0.05, 0.1) is 5.41 Å². The number of para-hydroxylation sites is 2. The molecule has 64 heavy (non-hydrogen) atoms. The van der Waals surface area contributed by atoms with Gasteiger partial charge in [-0.2, -0.15) is 0 Å². The summed E-state index contributed by atoms with van der Waals surface area (Å²) in [6.07, 6.45) is 0. The van der Waals surface area contributed by atoms with Crippen molar-refractivity contribution in [1.29, 1.82) is 0 Å². The summed E-state index contributed by atoms with van der Waals surface area (Å²) in [6.45, 7) is 0. The number of thiophene rings is 1. The van der Waals surface area contributed by atoms with E-state index in [2.05, 4.69) is 252 Å². The summed E-state index contributed by atoms with van der Waals surface area (Å²) in [6, 6.07) is 89.6. The Hall–Kier alpha value is -7.98. The summed E-state index contributed by atoms with van der Waals surface area (Å²) in [5.41, 5.74) is 18.9. The van der Waals surface area contributed by atoms with E-state index in [1.807, 2.05) is 11.3 Å². The van der Waals surface area contributed by atoms with Crippen molar-refractivity contribution in [3.05, 3.63) is 265 Å². The smallest absolute Gasteiger partial charge is 0.0727 e. The van der Waals surface area contributed by atoms with Crippen LogP contribution in [0.3, 0.4) is 0 Å². The summed E-state index contributed by atoms with van der Waals surface area (Å²) >= 11 is 1.86. The van der Waals surface area contributed by atoms with E-state index in [1.54, 1.807) is 0 Å². The van der Waals surface area contributed by atoms with Crippen LogP contribution in [0, 0.1) is 0 Å². The van der Waals surface area contributed by atoms with Crippen molar-refractivity contribution >= 4 is 65.6 Å². The molecule has 1 aromatic heterocycles. The minimum Gasteiger partial charge on any atom is -0.310 e.